The summed E-state index contributed by atoms with van der Waals surface area (Å²) in [7, 11) is -3.22. The van der Waals surface area contributed by atoms with Gasteiger partial charge in [-0.25, -0.2) is 13.4 Å². The largest absolute Gasteiger partial charge is 0.494 e. The van der Waals surface area contributed by atoms with Crippen molar-refractivity contribution in [3.8, 4) is 17.1 Å². The molecule has 0 radical (unpaired) electrons. The van der Waals surface area contributed by atoms with Gasteiger partial charge >= 0.3 is 0 Å². The summed E-state index contributed by atoms with van der Waals surface area (Å²) in [4.78, 5) is 17.0. The number of H-pyrrole nitrogens is 1. The van der Waals surface area contributed by atoms with Gasteiger partial charge in [0.1, 0.15) is 11.6 Å². The molecule has 1 aliphatic rings. The highest BCUT2D eigenvalue weighted by atomic mass is 32.2. The minimum Gasteiger partial charge on any atom is -0.494 e. The first-order valence-electron chi connectivity index (χ1n) is 10.1. The van der Waals surface area contributed by atoms with Crippen LogP contribution in [0, 0.1) is 0 Å². The fourth-order valence-corrected chi connectivity index (χ4v) is 3.74. The summed E-state index contributed by atoms with van der Waals surface area (Å²) in [5.74, 6) is 2.52. The molecule has 9 heteroatoms. The van der Waals surface area contributed by atoms with Crippen LogP contribution in [0.15, 0.2) is 53.4 Å². The molecule has 1 fully saturated rings. The van der Waals surface area contributed by atoms with Crippen LogP contribution in [0.2, 0.25) is 0 Å². The van der Waals surface area contributed by atoms with Crippen LogP contribution < -0.4 is 10.1 Å². The quantitative estimate of drug-likeness (QED) is 0.492. The third-order valence-electron chi connectivity index (χ3n) is 4.94. The van der Waals surface area contributed by atoms with Crippen molar-refractivity contribution in [1.29, 1.82) is 0 Å². The Bertz CT molecular complexity index is 1170. The van der Waals surface area contributed by atoms with Gasteiger partial charge < -0.3 is 10.1 Å². The van der Waals surface area contributed by atoms with Gasteiger partial charge in [-0.3, -0.25) is 9.89 Å². The minimum atomic E-state index is -3.22. The lowest BCUT2D eigenvalue weighted by Crippen LogP contribution is -2.12. The highest BCUT2D eigenvalue weighted by Gasteiger charge is 2.27. The molecule has 3 aromatic rings. The van der Waals surface area contributed by atoms with E-state index in [-0.39, 0.29) is 10.8 Å². The number of hydrogen-bond acceptors (Lipinski definition) is 6. The predicted molar refractivity (Wildman–Crippen MR) is 117 cm³/mol. The first-order valence-corrected chi connectivity index (χ1v) is 12.0. The molecule has 1 heterocycles. The van der Waals surface area contributed by atoms with Gasteiger partial charge in [-0.1, -0.05) is 12.1 Å². The third-order valence-corrected chi connectivity index (χ3v) is 6.07. The van der Waals surface area contributed by atoms with E-state index in [0.717, 1.165) is 30.5 Å². The Balaban J connectivity index is 1.24. The molecule has 0 aliphatic heterocycles. The molecule has 2 N–H and O–H groups in total. The van der Waals surface area contributed by atoms with E-state index in [1.165, 1.54) is 12.1 Å². The first kappa shape index (κ1) is 21.0. The second kappa shape index (κ2) is 8.89. The minimum absolute atomic E-state index is 0.109. The summed E-state index contributed by atoms with van der Waals surface area (Å²) in [6.45, 7) is 0.354. The first-order chi connectivity index (χ1) is 14.9. The summed E-state index contributed by atoms with van der Waals surface area (Å²) in [6, 6.07) is 13.7. The van der Waals surface area contributed by atoms with E-state index >= 15 is 0 Å². The molecular formula is C22H24N4O4S. The number of rotatable bonds is 9. The van der Waals surface area contributed by atoms with Crippen LogP contribution in [0.4, 0.5) is 5.69 Å². The SMILES string of the molecule is CS(=O)(=O)c1ccc(OCCCC(=O)Nc2cccc(-c3n[nH]c(C4CC4)n3)c2)cc1. The van der Waals surface area contributed by atoms with Crippen LogP contribution in [0.3, 0.4) is 0 Å². The monoisotopic (exact) mass is 440 g/mol. The molecule has 31 heavy (non-hydrogen) atoms. The maximum Gasteiger partial charge on any atom is 0.224 e. The average Bonchev–Trinajstić information content (AvgIpc) is 3.47. The second-order valence-corrected chi connectivity index (χ2v) is 9.66. The molecule has 1 saturated carbocycles. The van der Waals surface area contributed by atoms with Gasteiger partial charge in [0.2, 0.25) is 5.91 Å². The number of benzene rings is 2. The number of hydrogen-bond donors (Lipinski definition) is 2. The summed E-state index contributed by atoms with van der Waals surface area (Å²) >= 11 is 0. The number of nitrogens with zero attached hydrogens (tertiary/aromatic N) is 2. The highest BCUT2D eigenvalue weighted by Crippen LogP contribution is 2.38. The van der Waals surface area contributed by atoms with Crippen molar-refractivity contribution < 1.29 is 17.9 Å². The second-order valence-electron chi connectivity index (χ2n) is 7.64. The number of aromatic nitrogens is 3. The third kappa shape index (κ3) is 5.69. The Morgan fingerprint density at radius 1 is 1.19 bits per heavy atom. The number of aromatic amines is 1. The molecule has 0 atom stereocenters. The van der Waals surface area contributed by atoms with Crippen molar-refractivity contribution >= 4 is 21.4 Å². The summed E-state index contributed by atoms with van der Waals surface area (Å²) < 4.78 is 28.5. The van der Waals surface area contributed by atoms with E-state index in [1.807, 2.05) is 24.3 Å². The number of ether oxygens (including phenoxy) is 1. The van der Waals surface area contributed by atoms with Crippen LogP contribution in [0.25, 0.3) is 11.4 Å². The number of amides is 1. The van der Waals surface area contributed by atoms with Gasteiger partial charge in [0.05, 0.1) is 11.5 Å². The topological polar surface area (TPSA) is 114 Å². The fourth-order valence-electron chi connectivity index (χ4n) is 3.11. The van der Waals surface area contributed by atoms with Crippen molar-refractivity contribution in [2.75, 3.05) is 18.2 Å². The van der Waals surface area contributed by atoms with Crippen molar-refractivity contribution in [2.45, 2.75) is 36.5 Å². The molecule has 1 aliphatic carbocycles. The summed E-state index contributed by atoms with van der Waals surface area (Å²) in [5.41, 5.74) is 1.54. The summed E-state index contributed by atoms with van der Waals surface area (Å²) in [6.07, 6.45) is 4.30. The number of sulfone groups is 1. The lowest BCUT2D eigenvalue weighted by molar-refractivity contribution is -0.116. The van der Waals surface area contributed by atoms with Gasteiger partial charge in [0.15, 0.2) is 15.7 Å². The molecule has 1 aromatic heterocycles. The Morgan fingerprint density at radius 3 is 2.68 bits per heavy atom. The molecule has 2 aromatic carbocycles. The van der Waals surface area contributed by atoms with E-state index in [9.17, 15) is 13.2 Å². The number of carbonyl (C=O) groups is 1. The van der Waals surface area contributed by atoms with E-state index in [0.29, 0.717) is 42.6 Å². The number of nitrogens with one attached hydrogen (secondary N) is 2. The number of carbonyl (C=O) groups excluding carboxylic acids is 1. The molecule has 1 amide bonds. The van der Waals surface area contributed by atoms with Gasteiger partial charge in [0, 0.05) is 29.8 Å². The van der Waals surface area contributed by atoms with Crippen LogP contribution in [-0.4, -0.2) is 42.4 Å². The smallest absolute Gasteiger partial charge is 0.224 e. The number of anilines is 1. The van der Waals surface area contributed by atoms with Crippen LogP contribution in [0.1, 0.15) is 37.4 Å². The molecule has 0 bridgehead atoms. The van der Waals surface area contributed by atoms with E-state index in [2.05, 4.69) is 20.5 Å². The van der Waals surface area contributed by atoms with Crippen LogP contribution in [0.5, 0.6) is 5.75 Å². The highest BCUT2D eigenvalue weighted by molar-refractivity contribution is 7.90. The van der Waals surface area contributed by atoms with E-state index < -0.39 is 9.84 Å². The maximum atomic E-state index is 12.3. The Hall–Kier alpha value is -3.20. The molecular weight excluding hydrogens is 416 g/mol. The van der Waals surface area contributed by atoms with Crippen molar-refractivity contribution in [2.24, 2.45) is 0 Å². The fraction of sp³-hybridized carbons (Fsp3) is 0.318. The lowest BCUT2D eigenvalue weighted by atomic mass is 10.2. The predicted octanol–water partition coefficient (Wildman–Crippen LogP) is 3.55. The zero-order valence-corrected chi connectivity index (χ0v) is 18.0. The van der Waals surface area contributed by atoms with Crippen LogP contribution >= 0.6 is 0 Å². The normalized spacial score (nSPS) is 13.7. The van der Waals surface area contributed by atoms with Gasteiger partial charge in [-0.15, -0.1) is 0 Å². The molecule has 4 rings (SSSR count). The van der Waals surface area contributed by atoms with Crippen molar-refractivity contribution in [1.82, 2.24) is 15.2 Å². The Labute approximate surface area is 181 Å². The average molecular weight is 441 g/mol. The molecule has 162 valence electrons. The Kier molecular flexibility index (Phi) is 6.03. The van der Waals surface area contributed by atoms with Crippen molar-refractivity contribution in [3.05, 3.63) is 54.4 Å². The van der Waals surface area contributed by atoms with Gasteiger partial charge in [-0.05, 0) is 55.7 Å². The Morgan fingerprint density at radius 2 is 1.97 bits per heavy atom. The molecule has 0 spiro atoms. The zero-order chi connectivity index (χ0) is 21.8. The molecule has 8 nitrogen and oxygen atoms in total. The zero-order valence-electron chi connectivity index (χ0n) is 17.2. The lowest BCUT2D eigenvalue weighted by Gasteiger charge is -2.08. The standard InChI is InChI=1S/C22H24N4O4S/c1-31(28,29)19-11-9-18(10-12-19)30-13-3-6-20(27)23-17-5-2-4-16(14-17)22-24-21(25-26-22)15-7-8-15/h2,4-5,9-12,14-15H,3,6-8,13H2,1H3,(H,23,27)(H,24,25,26). The van der Waals surface area contributed by atoms with Gasteiger partial charge in [0.25, 0.3) is 0 Å². The molecule has 0 unspecified atom stereocenters. The van der Waals surface area contributed by atoms with Gasteiger partial charge in [-0.2, -0.15) is 5.10 Å². The molecule has 0 saturated heterocycles. The van der Waals surface area contributed by atoms with E-state index in [4.69, 9.17) is 4.74 Å². The maximum absolute atomic E-state index is 12.3. The summed E-state index contributed by atoms with van der Waals surface area (Å²) in [5, 5.41) is 10.2. The van der Waals surface area contributed by atoms with E-state index in [1.54, 1.807) is 12.1 Å². The van der Waals surface area contributed by atoms with Crippen LogP contribution in [-0.2, 0) is 14.6 Å². The van der Waals surface area contributed by atoms with Crippen molar-refractivity contribution in [3.63, 3.8) is 0 Å².